The normalized spacial score (nSPS) is 21.2. The molecule has 1 aliphatic heterocycles. The predicted molar refractivity (Wildman–Crippen MR) is 92.7 cm³/mol. The summed E-state index contributed by atoms with van der Waals surface area (Å²) in [4.78, 5) is 23.4. The summed E-state index contributed by atoms with van der Waals surface area (Å²) >= 11 is 0. The van der Waals surface area contributed by atoms with Gasteiger partial charge in [-0.25, -0.2) is 9.97 Å². The highest BCUT2D eigenvalue weighted by molar-refractivity contribution is 6.10. The maximum absolute atomic E-state index is 12.6. The summed E-state index contributed by atoms with van der Waals surface area (Å²) in [6, 6.07) is 9.62. The van der Waals surface area contributed by atoms with Crippen molar-refractivity contribution in [3.63, 3.8) is 0 Å². The second-order valence-corrected chi connectivity index (χ2v) is 5.96. The van der Waals surface area contributed by atoms with E-state index in [1.807, 2.05) is 12.1 Å². The molecule has 2 aromatic rings. The first-order valence-corrected chi connectivity index (χ1v) is 7.78. The number of anilines is 2. The molecule has 122 valence electrons. The van der Waals surface area contributed by atoms with E-state index in [0.29, 0.717) is 23.3 Å². The lowest BCUT2D eigenvalue weighted by molar-refractivity contribution is 0.103. The van der Waals surface area contributed by atoms with E-state index >= 15 is 0 Å². The Morgan fingerprint density at radius 1 is 1.35 bits per heavy atom. The van der Waals surface area contributed by atoms with Crippen molar-refractivity contribution in [1.82, 2.24) is 15.3 Å². The number of piperazine rings is 1. The molecular weight excluding hydrogens is 290 g/mol. The minimum Gasteiger partial charge on any atom is -0.383 e. The summed E-state index contributed by atoms with van der Waals surface area (Å²) in [5, 5.41) is 3.44. The average Bonchev–Trinajstić information content (AvgIpc) is 2.57. The van der Waals surface area contributed by atoms with Gasteiger partial charge in [0.2, 0.25) is 5.78 Å². The van der Waals surface area contributed by atoms with Crippen LogP contribution >= 0.6 is 0 Å². The summed E-state index contributed by atoms with van der Waals surface area (Å²) in [6.45, 7) is 6.05. The summed E-state index contributed by atoms with van der Waals surface area (Å²) in [5.74, 6) is 0.848. The van der Waals surface area contributed by atoms with Crippen molar-refractivity contribution in [2.24, 2.45) is 0 Å². The van der Waals surface area contributed by atoms with Crippen LogP contribution in [0, 0.1) is 0 Å². The summed E-state index contributed by atoms with van der Waals surface area (Å²) in [7, 11) is 0. The Morgan fingerprint density at radius 3 is 2.96 bits per heavy atom. The third kappa shape index (κ3) is 3.17. The molecule has 3 heterocycles. The SMILES string of the molecule is CC1CN(c2cccc(C(=O)c3cccnc3N)n2)C(C)CN1.[HH]. The highest BCUT2D eigenvalue weighted by Crippen LogP contribution is 2.20. The molecular formula is C17H23N5O. The second kappa shape index (κ2) is 6.34. The number of ketones is 1. The van der Waals surface area contributed by atoms with Gasteiger partial charge in [-0.05, 0) is 38.1 Å². The van der Waals surface area contributed by atoms with Crippen LogP contribution in [-0.4, -0.2) is 40.9 Å². The smallest absolute Gasteiger partial charge is 0.215 e. The first kappa shape index (κ1) is 15.4. The van der Waals surface area contributed by atoms with E-state index in [2.05, 4.69) is 34.0 Å². The molecule has 2 aromatic heterocycles. The molecule has 3 N–H and O–H groups in total. The monoisotopic (exact) mass is 313 g/mol. The number of carbonyl (C=O) groups excluding carboxylic acids is 1. The molecule has 1 fully saturated rings. The molecule has 0 bridgehead atoms. The highest BCUT2D eigenvalue weighted by atomic mass is 16.1. The van der Waals surface area contributed by atoms with Gasteiger partial charge in [0.1, 0.15) is 17.3 Å². The molecule has 0 aromatic carbocycles. The van der Waals surface area contributed by atoms with E-state index in [1.165, 1.54) is 0 Å². The predicted octanol–water partition coefficient (Wildman–Crippen LogP) is 1.72. The molecule has 2 unspecified atom stereocenters. The Balaban J connectivity index is 0.00000208. The lowest BCUT2D eigenvalue weighted by atomic mass is 10.1. The molecule has 3 rings (SSSR count). The Kier molecular flexibility index (Phi) is 4.25. The fourth-order valence-electron chi connectivity index (χ4n) is 2.80. The van der Waals surface area contributed by atoms with Gasteiger partial charge in [-0.3, -0.25) is 4.79 Å². The number of nitrogens with zero attached hydrogens (tertiary/aromatic N) is 3. The number of nitrogens with one attached hydrogen (secondary N) is 1. The van der Waals surface area contributed by atoms with Crippen molar-refractivity contribution in [2.45, 2.75) is 25.9 Å². The standard InChI is InChI=1S/C17H21N5O.H2/c1-11-10-22(12(2)9-20-11)15-7-3-6-14(21-15)16(23)13-5-4-8-19-17(13)18;/h3-8,11-12,20H,9-10H2,1-2H3,(H2,18,19);1H. The number of carbonyl (C=O) groups is 1. The number of hydrogen-bond acceptors (Lipinski definition) is 6. The largest absolute Gasteiger partial charge is 0.383 e. The number of rotatable bonds is 3. The van der Waals surface area contributed by atoms with Crippen LogP contribution in [0.3, 0.4) is 0 Å². The fourth-order valence-corrected chi connectivity index (χ4v) is 2.80. The Hall–Kier alpha value is -2.47. The van der Waals surface area contributed by atoms with Crippen molar-refractivity contribution in [1.29, 1.82) is 0 Å². The number of aromatic nitrogens is 2. The van der Waals surface area contributed by atoms with Crippen molar-refractivity contribution in [3.05, 3.63) is 47.8 Å². The van der Waals surface area contributed by atoms with E-state index in [1.54, 1.807) is 24.4 Å². The van der Waals surface area contributed by atoms with Gasteiger partial charge in [0.25, 0.3) is 0 Å². The van der Waals surface area contributed by atoms with Crippen LogP contribution in [0.5, 0.6) is 0 Å². The molecule has 0 aliphatic carbocycles. The lowest BCUT2D eigenvalue weighted by Gasteiger charge is -2.38. The van der Waals surface area contributed by atoms with Crippen LogP contribution in [-0.2, 0) is 0 Å². The average molecular weight is 313 g/mol. The van der Waals surface area contributed by atoms with E-state index in [9.17, 15) is 4.79 Å². The maximum atomic E-state index is 12.6. The Bertz CT molecular complexity index is 724. The van der Waals surface area contributed by atoms with Crippen LogP contribution in [0.2, 0.25) is 0 Å². The van der Waals surface area contributed by atoms with Gasteiger partial charge in [0.15, 0.2) is 0 Å². The lowest BCUT2D eigenvalue weighted by Crippen LogP contribution is -2.54. The number of pyridine rings is 2. The molecule has 1 aliphatic rings. The Labute approximate surface area is 137 Å². The first-order chi connectivity index (χ1) is 11.1. The molecule has 2 atom stereocenters. The number of nitrogens with two attached hydrogens (primary N) is 1. The van der Waals surface area contributed by atoms with Crippen LogP contribution < -0.4 is 16.0 Å². The molecule has 0 spiro atoms. The van der Waals surface area contributed by atoms with Crippen molar-refractivity contribution in [2.75, 3.05) is 23.7 Å². The van der Waals surface area contributed by atoms with Crippen molar-refractivity contribution < 1.29 is 6.22 Å². The van der Waals surface area contributed by atoms with Crippen LogP contribution in [0.4, 0.5) is 11.6 Å². The molecule has 6 nitrogen and oxygen atoms in total. The fraction of sp³-hybridized carbons (Fsp3) is 0.353. The molecule has 0 amide bonds. The van der Waals surface area contributed by atoms with Gasteiger partial charge in [0, 0.05) is 32.8 Å². The third-order valence-corrected chi connectivity index (χ3v) is 4.11. The van der Waals surface area contributed by atoms with Crippen molar-refractivity contribution in [3.8, 4) is 0 Å². The second-order valence-electron chi connectivity index (χ2n) is 5.96. The van der Waals surface area contributed by atoms with E-state index in [4.69, 9.17) is 5.73 Å². The molecule has 23 heavy (non-hydrogen) atoms. The first-order valence-electron chi connectivity index (χ1n) is 7.78. The third-order valence-electron chi connectivity index (χ3n) is 4.11. The van der Waals surface area contributed by atoms with Gasteiger partial charge in [-0.1, -0.05) is 6.07 Å². The maximum Gasteiger partial charge on any atom is 0.215 e. The molecule has 0 saturated carbocycles. The summed E-state index contributed by atoms with van der Waals surface area (Å²) in [5.41, 5.74) is 6.58. The van der Waals surface area contributed by atoms with E-state index in [-0.39, 0.29) is 13.0 Å². The summed E-state index contributed by atoms with van der Waals surface area (Å²) < 4.78 is 0. The van der Waals surface area contributed by atoms with Gasteiger partial charge in [-0.15, -0.1) is 0 Å². The van der Waals surface area contributed by atoms with Gasteiger partial charge < -0.3 is 16.0 Å². The van der Waals surface area contributed by atoms with Crippen molar-refractivity contribution >= 4 is 17.4 Å². The number of hydrogen-bond donors (Lipinski definition) is 2. The highest BCUT2D eigenvalue weighted by Gasteiger charge is 2.24. The van der Waals surface area contributed by atoms with Gasteiger partial charge in [0.05, 0.1) is 5.56 Å². The topological polar surface area (TPSA) is 84.1 Å². The van der Waals surface area contributed by atoms with Gasteiger partial charge >= 0.3 is 0 Å². The molecule has 1 saturated heterocycles. The van der Waals surface area contributed by atoms with Gasteiger partial charge in [-0.2, -0.15) is 0 Å². The zero-order valence-electron chi connectivity index (χ0n) is 13.4. The minimum absolute atomic E-state index is 0. The Morgan fingerprint density at radius 2 is 2.17 bits per heavy atom. The zero-order chi connectivity index (χ0) is 16.4. The molecule has 0 radical (unpaired) electrons. The van der Waals surface area contributed by atoms with E-state index in [0.717, 1.165) is 18.9 Å². The van der Waals surface area contributed by atoms with Crippen LogP contribution in [0.15, 0.2) is 36.5 Å². The van der Waals surface area contributed by atoms with Crippen LogP contribution in [0.25, 0.3) is 0 Å². The van der Waals surface area contributed by atoms with E-state index < -0.39 is 0 Å². The number of nitrogen functional groups attached to an aromatic ring is 1. The zero-order valence-corrected chi connectivity index (χ0v) is 13.4. The summed E-state index contributed by atoms with van der Waals surface area (Å²) in [6.07, 6.45) is 1.57. The van der Waals surface area contributed by atoms with Crippen LogP contribution in [0.1, 0.15) is 31.3 Å². The minimum atomic E-state index is -0.201. The molecule has 6 heteroatoms. The quantitative estimate of drug-likeness (QED) is 0.840.